The molecule has 0 aliphatic carbocycles. The fourth-order valence-electron chi connectivity index (χ4n) is 1.81. The van der Waals surface area contributed by atoms with Crippen molar-refractivity contribution in [2.75, 3.05) is 18.5 Å². The van der Waals surface area contributed by atoms with Gasteiger partial charge in [-0.05, 0) is 28.4 Å². The number of halogens is 1. The van der Waals surface area contributed by atoms with Gasteiger partial charge in [0.05, 0.1) is 11.7 Å². The summed E-state index contributed by atoms with van der Waals surface area (Å²) in [7, 11) is 0. The molecule has 0 radical (unpaired) electrons. The Labute approximate surface area is 107 Å². The van der Waals surface area contributed by atoms with Crippen LogP contribution in [-0.4, -0.2) is 40.1 Å². The van der Waals surface area contributed by atoms with E-state index < -0.39 is 6.10 Å². The Morgan fingerprint density at radius 2 is 2.47 bits per heavy atom. The zero-order chi connectivity index (χ0) is 12.4. The van der Waals surface area contributed by atoms with Gasteiger partial charge in [-0.25, -0.2) is 10.8 Å². The van der Waals surface area contributed by atoms with Gasteiger partial charge in [0.25, 0.3) is 5.91 Å². The van der Waals surface area contributed by atoms with Crippen LogP contribution >= 0.6 is 15.9 Å². The van der Waals surface area contributed by atoms with Gasteiger partial charge < -0.3 is 15.4 Å². The van der Waals surface area contributed by atoms with Crippen LogP contribution in [-0.2, 0) is 0 Å². The average molecular weight is 301 g/mol. The molecule has 17 heavy (non-hydrogen) atoms. The summed E-state index contributed by atoms with van der Waals surface area (Å²) >= 11 is 3.26. The Morgan fingerprint density at radius 3 is 3.06 bits per heavy atom. The number of anilines is 1. The largest absolute Gasteiger partial charge is 0.391 e. The number of pyridine rings is 1. The minimum atomic E-state index is -0.437. The van der Waals surface area contributed by atoms with Crippen molar-refractivity contribution in [3.8, 4) is 0 Å². The first kappa shape index (κ1) is 12.3. The van der Waals surface area contributed by atoms with Crippen LogP contribution in [0, 0.1) is 0 Å². The molecule has 1 unspecified atom stereocenters. The van der Waals surface area contributed by atoms with Crippen LogP contribution in [0.2, 0.25) is 0 Å². The molecular formula is C10H13BrN4O2. The van der Waals surface area contributed by atoms with E-state index in [1.165, 1.54) is 0 Å². The van der Waals surface area contributed by atoms with Crippen LogP contribution in [0.3, 0.4) is 0 Å². The molecule has 7 heteroatoms. The van der Waals surface area contributed by atoms with Gasteiger partial charge in [-0.2, -0.15) is 0 Å². The lowest BCUT2D eigenvalue weighted by Gasteiger charge is -2.17. The highest BCUT2D eigenvalue weighted by atomic mass is 79.9. The predicted molar refractivity (Wildman–Crippen MR) is 66.3 cm³/mol. The molecule has 1 atom stereocenters. The molecule has 1 aliphatic rings. The van der Waals surface area contributed by atoms with Crippen molar-refractivity contribution in [3.05, 3.63) is 22.3 Å². The summed E-state index contributed by atoms with van der Waals surface area (Å²) in [6, 6.07) is 1.66. The van der Waals surface area contributed by atoms with E-state index in [-0.39, 0.29) is 5.91 Å². The number of carbonyl (C=O) groups excluding carboxylic acids is 1. The van der Waals surface area contributed by atoms with Gasteiger partial charge in [0.2, 0.25) is 0 Å². The number of hydrogen-bond donors (Lipinski definition) is 3. The predicted octanol–water partition coefficient (Wildman–Crippen LogP) is 0.336. The van der Waals surface area contributed by atoms with Crippen molar-refractivity contribution < 1.29 is 9.90 Å². The Morgan fingerprint density at radius 1 is 1.71 bits per heavy atom. The fourth-order valence-corrected chi connectivity index (χ4v) is 2.15. The molecule has 1 amide bonds. The second-order valence-electron chi connectivity index (χ2n) is 3.89. The third-order valence-electron chi connectivity index (χ3n) is 2.67. The van der Waals surface area contributed by atoms with Crippen LogP contribution in [0.4, 0.5) is 5.82 Å². The van der Waals surface area contributed by atoms with Crippen LogP contribution in [0.5, 0.6) is 0 Å². The van der Waals surface area contributed by atoms with Crippen molar-refractivity contribution in [3.63, 3.8) is 0 Å². The zero-order valence-electron chi connectivity index (χ0n) is 9.06. The number of likely N-dealkylation sites (tertiary alicyclic amines) is 1. The second kappa shape index (κ2) is 4.99. The topological polar surface area (TPSA) is 91.5 Å². The van der Waals surface area contributed by atoms with Gasteiger partial charge in [-0.3, -0.25) is 4.79 Å². The Hall–Kier alpha value is -1.18. The summed E-state index contributed by atoms with van der Waals surface area (Å²) in [5.41, 5.74) is 2.80. The molecule has 4 N–H and O–H groups in total. The molecule has 2 heterocycles. The number of hydrazine groups is 1. The highest BCUT2D eigenvalue weighted by molar-refractivity contribution is 9.10. The minimum absolute atomic E-state index is 0.177. The molecule has 0 spiro atoms. The number of aliphatic hydroxyl groups excluding tert-OH is 1. The van der Waals surface area contributed by atoms with Gasteiger partial charge in [0.15, 0.2) is 5.82 Å². The molecule has 92 valence electrons. The van der Waals surface area contributed by atoms with E-state index in [0.717, 1.165) is 0 Å². The monoisotopic (exact) mass is 300 g/mol. The SMILES string of the molecule is NNc1ncc(Br)cc1C(=O)N1CCC(O)C1. The highest BCUT2D eigenvalue weighted by Gasteiger charge is 2.27. The summed E-state index contributed by atoms with van der Waals surface area (Å²) < 4.78 is 0.708. The molecule has 0 bridgehead atoms. The van der Waals surface area contributed by atoms with Gasteiger partial charge >= 0.3 is 0 Å². The summed E-state index contributed by atoms with van der Waals surface area (Å²) in [6.07, 6.45) is 1.73. The molecule has 6 nitrogen and oxygen atoms in total. The maximum atomic E-state index is 12.2. The first-order chi connectivity index (χ1) is 8.11. The molecule has 1 saturated heterocycles. The number of β-amino-alcohol motifs (C(OH)–C–C–N with tert-alkyl or cyclic N) is 1. The van der Waals surface area contributed by atoms with Crippen LogP contribution < -0.4 is 11.3 Å². The van der Waals surface area contributed by atoms with Gasteiger partial charge in [-0.15, -0.1) is 0 Å². The standard InChI is InChI=1S/C10H13BrN4O2/c11-6-3-8(9(14-12)13-4-6)10(17)15-2-1-7(16)5-15/h3-4,7,16H,1-2,5,12H2,(H,13,14). The number of aliphatic hydroxyl groups is 1. The van der Waals surface area contributed by atoms with E-state index in [9.17, 15) is 9.90 Å². The van der Waals surface area contributed by atoms with Crippen LogP contribution in [0.1, 0.15) is 16.8 Å². The van der Waals surface area contributed by atoms with E-state index >= 15 is 0 Å². The van der Waals surface area contributed by atoms with Crippen molar-refractivity contribution in [2.24, 2.45) is 5.84 Å². The van der Waals surface area contributed by atoms with E-state index in [1.807, 2.05) is 0 Å². The van der Waals surface area contributed by atoms with Crippen molar-refractivity contribution >= 4 is 27.7 Å². The number of nitrogens with zero attached hydrogens (tertiary/aromatic N) is 2. The number of rotatable bonds is 2. The van der Waals surface area contributed by atoms with Crippen molar-refractivity contribution in [2.45, 2.75) is 12.5 Å². The van der Waals surface area contributed by atoms with E-state index in [1.54, 1.807) is 17.2 Å². The molecule has 1 aromatic heterocycles. The molecule has 1 aromatic rings. The smallest absolute Gasteiger partial charge is 0.257 e. The third-order valence-corrected chi connectivity index (χ3v) is 3.11. The molecule has 1 fully saturated rings. The summed E-state index contributed by atoms with van der Waals surface area (Å²) in [6.45, 7) is 0.909. The van der Waals surface area contributed by atoms with E-state index in [2.05, 4.69) is 26.3 Å². The summed E-state index contributed by atoms with van der Waals surface area (Å²) in [5.74, 6) is 5.47. The lowest BCUT2D eigenvalue weighted by molar-refractivity contribution is 0.0765. The van der Waals surface area contributed by atoms with Gasteiger partial charge in [-0.1, -0.05) is 0 Å². The van der Waals surface area contributed by atoms with Gasteiger partial charge in [0, 0.05) is 23.8 Å². The van der Waals surface area contributed by atoms with Crippen LogP contribution in [0.15, 0.2) is 16.7 Å². The number of nitrogen functional groups attached to an aromatic ring is 1. The normalized spacial score (nSPS) is 19.5. The van der Waals surface area contributed by atoms with E-state index in [0.29, 0.717) is 35.4 Å². The van der Waals surface area contributed by atoms with Crippen molar-refractivity contribution in [1.82, 2.24) is 9.88 Å². The Balaban J connectivity index is 2.26. The van der Waals surface area contributed by atoms with E-state index in [4.69, 9.17) is 5.84 Å². The Bertz CT molecular complexity index is 440. The average Bonchev–Trinajstić information content (AvgIpc) is 2.75. The first-order valence-electron chi connectivity index (χ1n) is 5.21. The number of hydrogen-bond acceptors (Lipinski definition) is 5. The number of aromatic nitrogens is 1. The van der Waals surface area contributed by atoms with Gasteiger partial charge in [0.1, 0.15) is 0 Å². The Kier molecular flexibility index (Phi) is 3.60. The maximum Gasteiger partial charge on any atom is 0.257 e. The fraction of sp³-hybridized carbons (Fsp3) is 0.400. The van der Waals surface area contributed by atoms with Crippen molar-refractivity contribution in [1.29, 1.82) is 0 Å². The molecule has 0 saturated carbocycles. The minimum Gasteiger partial charge on any atom is -0.391 e. The second-order valence-corrected chi connectivity index (χ2v) is 4.80. The summed E-state index contributed by atoms with van der Waals surface area (Å²) in [4.78, 5) is 17.8. The quantitative estimate of drug-likeness (QED) is 0.541. The number of nitrogens with two attached hydrogens (primary N) is 1. The summed E-state index contributed by atoms with van der Waals surface area (Å²) in [5, 5.41) is 9.42. The molecular weight excluding hydrogens is 288 g/mol. The maximum absolute atomic E-state index is 12.2. The highest BCUT2D eigenvalue weighted by Crippen LogP contribution is 2.21. The molecule has 2 rings (SSSR count). The zero-order valence-corrected chi connectivity index (χ0v) is 10.6. The molecule has 1 aliphatic heterocycles. The lowest BCUT2D eigenvalue weighted by atomic mass is 10.2. The number of amides is 1. The molecule has 0 aromatic carbocycles. The first-order valence-corrected chi connectivity index (χ1v) is 6.00. The number of nitrogens with one attached hydrogen (secondary N) is 1. The third kappa shape index (κ3) is 2.56. The number of carbonyl (C=O) groups is 1. The van der Waals surface area contributed by atoms with Crippen LogP contribution in [0.25, 0.3) is 0 Å². The lowest BCUT2D eigenvalue weighted by Crippen LogP contribution is -2.30.